The summed E-state index contributed by atoms with van der Waals surface area (Å²) in [5.41, 5.74) is 0.296. The standard InChI is InChI=1S/C11H9F3N4O/c12-11(13,14)10-16-6-3-8(15-4-7(6)17-10)18-9(19)5-1-2-5/h3-5H,1-2H2,(H,16,17)(H,15,18,19). The van der Waals surface area contributed by atoms with Gasteiger partial charge in [-0.3, -0.25) is 4.79 Å². The van der Waals surface area contributed by atoms with Crippen LogP contribution in [0, 0.1) is 5.92 Å². The Morgan fingerprint density at radius 2 is 2.16 bits per heavy atom. The Balaban J connectivity index is 1.89. The summed E-state index contributed by atoms with van der Waals surface area (Å²) >= 11 is 0. The van der Waals surface area contributed by atoms with Crippen molar-refractivity contribution in [1.29, 1.82) is 0 Å². The number of aromatic amines is 1. The first-order valence-corrected chi connectivity index (χ1v) is 5.67. The molecule has 0 aliphatic heterocycles. The molecule has 100 valence electrons. The van der Waals surface area contributed by atoms with E-state index in [1.54, 1.807) is 0 Å². The summed E-state index contributed by atoms with van der Waals surface area (Å²) in [6.07, 6.45) is -1.65. The molecule has 5 nitrogen and oxygen atoms in total. The Bertz CT molecular complexity index is 645. The van der Waals surface area contributed by atoms with Crippen LogP contribution in [-0.2, 0) is 11.0 Å². The Labute approximate surface area is 105 Å². The molecule has 19 heavy (non-hydrogen) atoms. The topological polar surface area (TPSA) is 70.7 Å². The van der Waals surface area contributed by atoms with Gasteiger partial charge in [-0.05, 0) is 12.8 Å². The molecule has 2 heterocycles. The van der Waals surface area contributed by atoms with Crippen LogP contribution in [0.1, 0.15) is 18.7 Å². The van der Waals surface area contributed by atoms with Crippen LogP contribution < -0.4 is 5.32 Å². The van der Waals surface area contributed by atoms with Crippen LogP contribution in [0.25, 0.3) is 11.0 Å². The van der Waals surface area contributed by atoms with Crippen molar-refractivity contribution in [2.45, 2.75) is 19.0 Å². The van der Waals surface area contributed by atoms with Gasteiger partial charge in [0, 0.05) is 12.0 Å². The van der Waals surface area contributed by atoms with Crippen LogP contribution in [0.4, 0.5) is 19.0 Å². The number of nitrogens with zero attached hydrogens (tertiary/aromatic N) is 2. The van der Waals surface area contributed by atoms with Crippen molar-refractivity contribution in [2.24, 2.45) is 5.92 Å². The van der Waals surface area contributed by atoms with E-state index in [1.807, 2.05) is 0 Å². The van der Waals surface area contributed by atoms with Gasteiger partial charge in [-0.15, -0.1) is 0 Å². The van der Waals surface area contributed by atoms with Crippen LogP contribution >= 0.6 is 0 Å². The number of aromatic nitrogens is 3. The summed E-state index contributed by atoms with van der Waals surface area (Å²) in [7, 11) is 0. The molecule has 1 amide bonds. The second kappa shape index (κ2) is 3.94. The van der Waals surface area contributed by atoms with Gasteiger partial charge in [0.05, 0.1) is 11.7 Å². The summed E-state index contributed by atoms with van der Waals surface area (Å²) in [5, 5.41) is 2.56. The third-order valence-electron chi connectivity index (χ3n) is 2.84. The molecule has 2 N–H and O–H groups in total. The second-order valence-corrected chi connectivity index (χ2v) is 4.43. The van der Waals surface area contributed by atoms with E-state index in [2.05, 4.69) is 20.3 Å². The van der Waals surface area contributed by atoms with Gasteiger partial charge in [0.15, 0.2) is 0 Å². The molecule has 0 atom stereocenters. The third kappa shape index (κ3) is 2.38. The summed E-state index contributed by atoms with van der Waals surface area (Å²) < 4.78 is 37.4. The lowest BCUT2D eigenvalue weighted by atomic mass is 10.3. The van der Waals surface area contributed by atoms with Crippen molar-refractivity contribution in [3.63, 3.8) is 0 Å². The largest absolute Gasteiger partial charge is 0.449 e. The average Bonchev–Trinajstić information content (AvgIpc) is 3.07. The van der Waals surface area contributed by atoms with Gasteiger partial charge < -0.3 is 10.3 Å². The van der Waals surface area contributed by atoms with Gasteiger partial charge in [0.25, 0.3) is 0 Å². The van der Waals surface area contributed by atoms with Crippen LogP contribution in [-0.4, -0.2) is 20.9 Å². The molecule has 1 aliphatic rings. The minimum absolute atomic E-state index is 0.00463. The van der Waals surface area contributed by atoms with Crippen LogP contribution in [0.3, 0.4) is 0 Å². The fourth-order valence-electron chi connectivity index (χ4n) is 1.69. The van der Waals surface area contributed by atoms with Crippen molar-refractivity contribution in [3.05, 3.63) is 18.1 Å². The molecule has 3 rings (SSSR count). The molecule has 8 heteroatoms. The van der Waals surface area contributed by atoms with E-state index in [1.165, 1.54) is 12.3 Å². The minimum atomic E-state index is -4.53. The number of alkyl halides is 3. The number of hydrogen-bond donors (Lipinski definition) is 2. The number of imidazole rings is 1. The third-order valence-corrected chi connectivity index (χ3v) is 2.84. The van der Waals surface area contributed by atoms with Gasteiger partial charge in [0.2, 0.25) is 11.7 Å². The van der Waals surface area contributed by atoms with Gasteiger partial charge >= 0.3 is 6.18 Å². The highest BCUT2D eigenvalue weighted by Gasteiger charge is 2.35. The van der Waals surface area contributed by atoms with E-state index in [9.17, 15) is 18.0 Å². The lowest BCUT2D eigenvalue weighted by molar-refractivity contribution is -0.144. The zero-order chi connectivity index (χ0) is 13.6. The molecule has 0 aromatic carbocycles. The van der Waals surface area contributed by atoms with Crippen LogP contribution in [0.2, 0.25) is 0 Å². The maximum atomic E-state index is 12.5. The summed E-state index contributed by atoms with van der Waals surface area (Å²) in [6, 6.07) is 1.35. The zero-order valence-electron chi connectivity index (χ0n) is 9.58. The Morgan fingerprint density at radius 1 is 1.42 bits per heavy atom. The highest BCUT2D eigenvalue weighted by Crippen LogP contribution is 2.31. The van der Waals surface area contributed by atoms with E-state index in [4.69, 9.17) is 0 Å². The van der Waals surface area contributed by atoms with Crippen molar-refractivity contribution >= 4 is 22.8 Å². The monoisotopic (exact) mass is 270 g/mol. The molecule has 0 unspecified atom stereocenters. The number of hydrogen-bond acceptors (Lipinski definition) is 3. The predicted molar refractivity (Wildman–Crippen MR) is 60.2 cm³/mol. The number of anilines is 1. The molecule has 0 saturated heterocycles. The first kappa shape index (κ1) is 11.9. The first-order chi connectivity index (χ1) is 8.93. The Kier molecular flexibility index (Phi) is 2.48. The average molecular weight is 270 g/mol. The van der Waals surface area contributed by atoms with E-state index in [0.29, 0.717) is 0 Å². The highest BCUT2D eigenvalue weighted by molar-refractivity contribution is 5.94. The number of carbonyl (C=O) groups excluding carboxylic acids is 1. The Hall–Kier alpha value is -2.12. The summed E-state index contributed by atoms with van der Waals surface area (Å²) in [6.45, 7) is 0. The number of nitrogens with one attached hydrogen (secondary N) is 2. The predicted octanol–water partition coefficient (Wildman–Crippen LogP) is 2.33. The van der Waals surface area contributed by atoms with Gasteiger partial charge in [-0.25, -0.2) is 9.97 Å². The molecule has 2 aromatic heterocycles. The van der Waals surface area contributed by atoms with E-state index >= 15 is 0 Å². The molecule has 1 aliphatic carbocycles. The molecule has 1 fully saturated rings. The smallest absolute Gasteiger partial charge is 0.334 e. The second-order valence-electron chi connectivity index (χ2n) is 4.43. The van der Waals surface area contributed by atoms with Crippen molar-refractivity contribution in [1.82, 2.24) is 15.0 Å². The quantitative estimate of drug-likeness (QED) is 0.879. The molecule has 0 bridgehead atoms. The maximum Gasteiger partial charge on any atom is 0.449 e. The fourth-order valence-corrected chi connectivity index (χ4v) is 1.69. The number of halogens is 3. The lowest BCUT2D eigenvalue weighted by Gasteiger charge is -2.02. The number of H-pyrrole nitrogens is 1. The lowest BCUT2D eigenvalue weighted by Crippen LogP contribution is -2.14. The Morgan fingerprint density at radius 3 is 2.79 bits per heavy atom. The molecule has 0 radical (unpaired) electrons. The molecular formula is C11H9F3N4O. The molecular weight excluding hydrogens is 261 g/mol. The first-order valence-electron chi connectivity index (χ1n) is 5.67. The van der Waals surface area contributed by atoms with Crippen molar-refractivity contribution < 1.29 is 18.0 Å². The fraction of sp³-hybridized carbons (Fsp3) is 0.364. The molecule has 0 spiro atoms. The van der Waals surface area contributed by atoms with Crippen molar-refractivity contribution in [2.75, 3.05) is 5.32 Å². The van der Waals surface area contributed by atoms with E-state index in [-0.39, 0.29) is 28.7 Å². The number of rotatable bonds is 2. The van der Waals surface area contributed by atoms with E-state index < -0.39 is 12.0 Å². The van der Waals surface area contributed by atoms with Crippen LogP contribution in [0.15, 0.2) is 12.3 Å². The number of amides is 1. The number of fused-ring (bicyclic) bond motifs is 1. The van der Waals surface area contributed by atoms with Gasteiger partial charge in [-0.1, -0.05) is 0 Å². The number of pyridine rings is 1. The highest BCUT2D eigenvalue weighted by atomic mass is 19.4. The SMILES string of the molecule is O=C(Nc1cc2[nH]c(C(F)(F)F)nc2cn1)C1CC1. The van der Waals surface area contributed by atoms with E-state index in [0.717, 1.165) is 12.8 Å². The molecule has 2 aromatic rings. The zero-order valence-corrected chi connectivity index (χ0v) is 9.58. The number of carbonyl (C=O) groups is 1. The molecule has 1 saturated carbocycles. The summed E-state index contributed by atoms with van der Waals surface area (Å²) in [5.74, 6) is -0.996. The van der Waals surface area contributed by atoms with Crippen LogP contribution in [0.5, 0.6) is 0 Å². The summed E-state index contributed by atoms with van der Waals surface area (Å²) in [4.78, 5) is 21.0. The minimum Gasteiger partial charge on any atom is -0.334 e. The maximum absolute atomic E-state index is 12.5. The van der Waals surface area contributed by atoms with Gasteiger partial charge in [0.1, 0.15) is 11.3 Å². The van der Waals surface area contributed by atoms with Crippen molar-refractivity contribution in [3.8, 4) is 0 Å². The normalized spacial score (nSPS) is 15.7. The van der Waals surface area contributed by atoms with Gasteiger partial charge in [-0.2, -0.15) is 13.2 Å².